The summed E-state index contributed by atoms with van der Waals surface area (Å²) in [6, 6.07) is -0.380. The molecule has 0 saturated heterocycles. The largest absolute Gasteiger partial charge is 0.451 e. The molecule has 120 valence electrons. The predicted molar refractivity (Wildman–Crippen MR) is 80.1 cm³/mol. The highest BCUT2D eigenvalue weighted by Gasteiger charge is 2.16. The Labute approximate surface area is 129 Å². The molecule has 1 amide bonds. The van der Waals surface area contributed by atoms with Crippen LogP contribution in [0.4, 0.5) is 0 Å². The van der Waals surface area contributed by atoms with Crippen LogP contribution in [0.2, 0.25) is 6.32 Å². The van der Waals surface area contributed by atoms with Crippen molar-refractivity contribution in [2.45, 2.75) is 44.6 Å². The van der Waals surface area contributed by atoms with Crippen molar-refractivity contribution in [1.82, 2.24) is 25.5 Å². The number of rotatable bonds is 10. The van der Waals surface area contributed by atoms with Gasteiger partial charge in [0.2, 0.25) is 5.91 Å². The number of carbonyl (C=O) groups is 1. The summed E-state index contributed by atoms with van der Waals surface area (Å²) in [6.45, 7) is 0.119. The van der Waals surface area contributed by atoms with Gasteiger partial charge in [-0.15, -0.1) is 11.5 Å². The van der Waals surface area contributed by atoms with Gasteiger partial charge in [-0.05, 0) is 23.2 Å². The number of unbranched alkanes of at least 4 members (excludes halogenated alkanes) is 2. The van der Waals surface area contributed by atoms with Crippen LogP contribution in [-0.2, 0) is 11.3 Å². The molecule has 1 unspecified atom stereocenters. The number of terminal acetylenes is 1. The van der Waals surface area contributed by atoms with Gasteiger partial charge in [-0.1, -0.05) is 25.2 Å². The van der Waals surface area contributed by atoms with E-state index in [-0.39, 0.29) is 25.0 Å². The molecule has 1 atom stereocenters. The maximum absolute atomic E-state index is 11.6. The van der Waals surface area contributed by atoms with Crippen LogP contribution in [0, 0.1) is 12.3 Å². The second-order valence-electron chi connectivity index (χ2n) is 4.90. The molecule has 0 spiro atoms. The fourth-order valence-electron chi connectivity index (χ4n) is 1.93. The number of nitrogens with two attached hydrogens (primary N) is 1. The van der Waals surface area contributed by atoms with E-state index < -0.39 is 7.12 Å². The fraction of sp³-hybridized carbons (Fsp3) is 0.667. The normalized spacial score (nSPS) is 11.7. The quantitative estimate of drug-likeness (QED) is 0.233. The maximum Gasteiger partial charge on any atom is 0.451 e. The summed E-state index contributed by atoms with van der Waals surface area (Å²) in [6.07, 6.45) is 8.41. The summed E-state index contributed by atoms with van der Waals surface area (Å²) in [5, 5.41) is 31.2. The zero-order valence-corrected chi connectivity index (χ0v) is 12.4. The molecule has 0 aliphatic rings. The molecule has 0 bridgehead atoms. The van der Waals surface area contributed by atoms with Gasteiger partial charge in [-0.2, -0.15) is 0 Å². The van der Waals surface area contributed by atoms with E-state index in [1.54, 1.807) is 0 Å². The third-order valence-corrected chi connectivity index (χ3v) is 3.05. The van der Waals surface area contributed by atoms with Crippen LogP contribution in [-0.4, -0.2) is 49.8 Å². The molecule has 10 heteroatoms. The first-order valence-corrected chi connectivity index (χ1v) is 7.12. The van der Waals surface area contributed by atoms with Crippen LogP contribution in [0.3, 0.4) is 0 Å². The minimum Gasteiger partial charge on any atom is -0.427 e. The van der Waals surface area contributed by atoms with Crippen LogP contribution < -0.4 is 11.1 Å². The molecule has 1 aromatic rings. The van der Waals surface area contributed by atoms with Gasteiger partial charge in [0.1, 0.15) is 6.54 Å². The summed E-state index contributed by atoms with van der Waals surface area (Å²) < 4.78 is 1.36. The highest BCUT2D eigenvalue weighted by Crippen LogP contribution is 2.15. The summed E-state index contributed by atoms with van der Waals surface area (Å²) in [4.78, 5) is 11.6. The molecule has 22 heavy (non-hydrogen) atoms. The molecule has 1 aromatic heterocycles. The lowest BCUT2D eigenvalue weighted by atomic mass is 9.83. The number of aromatic nitrogens is 4. The summed E-state index contributed by atoms with van der Waals surface area (Å²) in [7, 11) is -1.26. The lowest BCUT2D eigenvalue weighted by Crippen LogP contribution is -2.30. The Kier molecular flexibility index (Phi) is 8.13. The van der Waals surface area contributed by atoms with Crippen molar-refractivity contribution >= 4 is 13.0 Å². The minimum absolute atomic E-state index is 0.0333. The molecular weight excluding hydrogens is 287 g/mol. The van der Waals surface area contributed by atoms with Crippen molar-refractivity contribution in [2.75, 3.05) is 6.54 Å². The molecule has 0 aliphatic carbocycles. The highest BCUT2D eigenvalue weighted by atomic mass is 16.4. The van der Waals surface area contributed by atoms with Crippen LogP contribution in [0.15, 0.2) is 0 Å². The number of hydrogen-bond donors (Lipinski definition) is 4. The van der Waals surface area contributed by atoms with Crippen molar-refractivity contribution in [2.24, 2.45) is 5.73 Å². The third-order valence-electron chi connectivity index (χ3n) is 3.05. The number of nitrogens with zero attached hydrogens (tertiary/aromatic N) is 4. The molecule has 5 N–H and O–H groups in total. The van der Waals surface area contributed by atoms with E-state index in [1.807, 2.05) is 0 Å². The van der Waals surface area contributed by atoms with Gasteiger partial charge in [0, 0.05) is 0 Å². The fourth-order valence-corrected chi connectivity index (χ4v) is 1.93. The van der Waals surface area contributed by atoms with E-state index in [0.717, 1.165) is 12.8 Å². The topological polar surface area (TPSA) is 139 Å². The number of carbonyl (C=O) groups excluding carboxylic acids is 1. The lowest BCUT2D eigenvalue weighted by molar-refractivity contribution is -0.121. The highest BCUT2D eigenvalue weighted by molar-refractivity contribution is 6.40. The van der Waals surface area contributed by atoms with Crippen molar-refractivity contribution in [3.63, 3.8) is 0 Å². The zero-order valence-electron chi connectivity index (χ0n) is 12.4. The third kappa shape index (κ3) is 6.67. The first-order chi connectivity index (χ1) is 10.5. The molecule has 0 radical (unpaired) electrons. The summed E-state index contributed by atoms with van der Waals surface area (Å²) >= 11 is 0. The van der Waals surface area contributed by atoms with Crippen LogP contribution in [0.25, 0.3) is 0 Å². The van der Waals surface area contributed by atoms with Gasteiger partial charge >= 0.3 is 7.12 Å². The Bertz CT molecular complexity index is 501. The van der Waals surface area contributed by atoms with Crippen LogP contribution >= 0.6 is 0 Å². The van der Waals surface area contributed by atoms with Crippen LogP contribution in [0.1, 0.15) is 37.5 Å². The van der Waals surface area contributed by atoms with Gasteiger partial charge in [0.15, 0.2) is 5.82 Å². The molecule has 1 heterocycles. The number of hydrogen-bond acceptors (Lipinski definition) is 7. The Hall–Kier alpha value is -1.96. The Morgan fingerprint density at radius 2 is 2.23 bits per heavy atom. The van der Waals surface area contributed by atoms with E-state index in [4.69, 9.17) is 22.2 Å². The summed E-state index contributed by atoms with van der Waals surface area (Å²) in [5.74, 6) is 2.47. The van der Waals surface area contributed by atoms with Crippen molar-refractivity contribution in [1.29, 1.82) is 0 Å². The lowest BCUT2D eigenvalue weighted by Gasteiger charge is -2.11. The number of amides is 1. The van der Waals surface area contributed by atoms with E-state index in [1.165, 1.54) is 4.68 Å². The Balaban J connectivity index is 2.40. The monoisotopic (exact) mass is 308 g/mol. The van der Waals surface area contributed by atoms with Gasteiger partial charge < -0.3 is 21.1 Å². The molecule has 1 rings (SSSR count). The van der Waals surface area contributed by atoms with Gasteiger partial charge in [0.05, 0.1) is 12.6 Å². The van der Waals surface area contributed by atoms with E-state index in [2.05, 4.69) is 26.8 Å². The van der Waals surface area contributed by atoms with E-state index >= 15 is 0 Å². The minimum atomic E-state index is -1.26. The van der Waals surface area contributed by atoms with Gasteiger partial charge in [-0.25, -0.2) is 4.68 Å². The molecule has 9 nitrogen and oxygen atoms in total. The zero-order chi connectivity index (χ0) is 16.4. The molecule has 0 fully saturated rings. The standard InChI is InChI=1S/C12H21BN6O3/c1-2-8-15-11(20)9-19-12(16-17-18-19)10(14)6-4-3-5-7-13(21)22/h1,10,21-22H,3-9,14H2,(H,15,20). The second kappa shape index (κ2) is 9.89. The summed E-state index contributed by atoms with van der Waals surface area (Å²) in [5.41, 5.74) is 6.03. The molecule has 0 aliphatic heterocycles. The maximum atomic E-state index is 11.6. The Morgan fingerprint density at radius 3 is 2.91 bits per heavy atom. The molecule has 0 saturated carbocycles. The first kappa shape index (κ1) is 18.1. The van der Waals surface area contributed by atoms with Crippen LogP contribution in [0.5, 0.6) is 0 Å². The average molecular weight is 308 g/mol. The average Bonchev–Trinajstić information content (AvgIpc) is 2.92. The SMILES string of the molecule is C#CCNC(=O)Cn1nnnc1C(N)CCCCCB(O)O. The van der Waals surface area contributed by atoms with E-state index in [9.17, 15) is 4.79 Å². The predicted octanol–water partition coefficient (Wildman–Crippen LogP) is -1.54. The molecule has 0 aromatic carbocycles. The first-order valence-electron chi connectivity index (χ1n) is 7.12. The van der Waals surface area contributed by atoms with E-state index in [0.29, 0.717) is 25.0 Å². The number of nitrogens with one attached hydrogen (secondary N) is 1. The van der Waals surface area contributed by atoms with Crippen molar-refractivity contribution in [3.05, 3.63) is 5.82 Å². The van der Waals surface area contributed by atoms with Gasteiger partial charge in [0.25, 0.3) is 0 Å². The molecular formula is C12H21BN6O3. The number of tetrazole rings is 1. The van der Waals surface area contributed by atoms with Crippen molar-refractivity contribution < 1.29 is 14.8 Å². The van der Waals surface area contributed by atoms with Gasteiger partial charge in [-0.3, -0.25) is 4.79 Å². The second-order valence-corrected chi connectivity index (χ2v) is 4.90. The smallest absolute Gasteiger partial charge is 0.427 e. The Morgan fingerprint density at radius 1 is 1.45 bits per heavy atom. The van der Waals surface area contributed by atoms with Crippen molar-refractivity contribution in [3.8, 4) is 12.3 Å².